The van der Waals surface area contributed by atoms with E-state index in [2.05, 4.69) is 14.8 Å². The SMILES string of the molecule is NOCc1csc(-c2ccccn2)n1. The van der Waals surface area contributed by atoms with Crippen LogP contribution < -0.4 is 5.90 Å². The predicted octanol–water partition coefficient (Wildman–Crippen LogP) is 1.60. The van der Waals surface area contributed by atoms with Crippen molar-refractivity contribution in [3.63, 3.8) is 0 Å². The number of pyridine rings is 1. The van der Waals surface area contributed by atoms with E-state index in [0.717, 1.165) is 16.4 Å². The number of nitrogens with two attached hydrogens (primary N) is 1. The second kappa shape index (κ2) is 4.28. The third-order valence-electron chi connectivity index (χ3n) is 1.67. The van der Waals surface area contributed by atoms with E-state index in [-0.39, 0.29) is 0 Å². The molecule has 0 spiro atoms. The third-order valence-corrected chi connectivity index (χ3v) is 2.58. The summed E-state index contributed by atoms with van der Waals surface area (Å²) in [7, 11) is 0. The molecule has 0 radical (unpaired) electrons. The summed E-state index contributed by atoms with van der Waals surface area (Å²) < 4.78 is 0. The van der Waals surface area contributed by atoms with E-state index in [9.17, 15) is 0 Å². The molecule has 0 bridgehead atoms. The lowest BCUT2D eigenvalue weighted by atomic mass is 10.4. The number of rotatable bonds is 3. The number of hydrogen-bond acceptors (Lipinski definition) is 5. The molecule has 0 saturated heterocycles. The van der Waals surface area contributed by atoms with Gasteiger partial charge in [0.15, 0.2) is 0 Å². The van der Waals surface area contributed by atoms with Crippen LogP contribution in [0.3, 0.4) is 0 Å². The number of hydrogen-bond donors (Lipinski definition) is 1. The van der Waals surface area contributed by atoms with Crippen LogP contribution >= 0.6 is 11.3 Å². The van der Waals surface area contributed by atoms with Crippen molar-refractivity contribution < 1.29 is 4.84 Å². The highest BCUT2D eigenvalue weighted by molar-refractivity contribution is 7.13. The second-order valence-corrected chi connectivity index (χ2v) is 3.53. The van der Waals surface area contributed by atoms with E-state index in [0.29, 0.717) is 6.61 Å². The molecule has 14 heavy (non-hydrogen) atoms. The fraction of sp³-hybridized carbons (Fsp3) is 0.111. The van der Waals surface area contributed by atoms with Crippen LogP contribution in [0.2, 0.25) is 0 Å². The van der Waals surface area contributed by atoms with E-state index in [1.54, 1.807) is 6.20 Å². The zero-order chi connectivity index (χ0) is 9.80. The first-order valence-corrected chi connectivity index (χ1v) is 4.95. The molecule has 0 atom stereocenters. The van der Waals surface area contributed by atoms with Crippen molar-refractivity contribution in [2.24, 2.45) is 5.90 Å². The highest BCUT2D eigenvalue weighted by atomic mass is 32.1. The van der Waals surface area contributed by atoms with Crippen LogP contribution in [0.15, 0.2) is 29.8 Å². The van der Waals surface area contributed by atoms with Crippen LogP contribution in [0.25, 0.3) is 10.7 Å². The molecular formula is C9H9N3OS. The first-order valence-electron chi connectivity index (χ1n) is 4.07. The van der Waals surface area contributed by atoms with Gasteiger partial charge in [0.1, 0.15) is 11.6 Å². The van der Waals surface area contributed by atoms with E-state index < -0.39 is 0 Å². The predicted molar refractivity (Wildman–Crippen MR) is 54.3 cm³/mol. The van der Waals surface area contributed by atoms with Gasteiger partial charge in [-0.25, -0.2) is 10.9 Å². The Morgan fingerprint density at radius 3 is 3.07 bits per heavy atom. The standard InChI is InChI=1S/C9H9N3OS/c10-13-5-7-6-14-9(12-7)8-3-1-2-4-11-8/h1-4,6H,5,10H2. The summed E-state index contributed by atoms with van der Waals surface area (Å²) in [6.07, 6.45) is 1.75. The Bertz CT molecular complexity index is 401. The first kappa shape index (κ1) is 9.26. The minimum absolute atomic E-state index is 0.337. The molecule has 2 heterocycles. The van der Waals surface area contributed by atoms with Gasteiger partial charge in [0, 0.05) is 11.6 Å². The monoisotopic (exact) mass is 207 g/mol. The van der Waals surface area contributed by atoms with Gasteiger partial charge < -0.3 is 0 Å². The average molecular weight is 207 g/mol. The Hall–Kier alpha value is -1.30. The largest absolute Gasteiger partial charge is 0.298 e. The van der Waals surface area contributed by atoms with E-state index in [1.807, 2.05) is 23.6 Å². The van der Waals surface area contributed by atoms with Gasteiger partial charge in [0.05, 0.1) is 11.4 Å². The lowest BCUT2D eigenvalue weighted by molar-refractivity contribution is 0.122. The van der Waals surface area contributed by atoms with Crippen molar-refractivity contribution in [3.8, 4) is 10.7 Å². The van der Waals surface area contributed by atoms with Crippen LogP contribution in [-0.2, 0) is 11.4 Å². The highest BCUT2D eigenvalue weighted by Gasteiger charge is 2.04. The average Bonchev–Trinajstić information content (AvgIpc) is 2.68. The Labute approximate surface area is 85.3 Å². The van der Waals surface area contributed by atoms with Gasteiger partial charge in [-0.1, -0.05) is 6.07 Å². The molecule has 0 fully saturated rings. The van der Waals surface area contributed by atoms with Crippen LogP contribution in [0.1, 0.15) is 5.69 Å². The van der Waals surface area contributed by atoms with Gasteiger partial charge in [-0.05, 0) is 12.1 Å². The van der Waals surface area contributed by atoms with E-state index in [4.69, 9.17) is 5.90 Å². The fourth-order valence-corrected chi connectivity index (χ4v) is 1.85. The zero-order valence-electron chi connectivity index (χ0n) is 7.38. The molecular weight excluding hydrogens is 198 g/mol. The van der Waals surface area contributed by atoms with Crippen molar-refractivity contribution in [2.45, 2.75) is 6.61 Å². The highest BCUT2D eigenvalue weighted by Crippen LogP contribution is 2.21. The summed E-state index contributed by atoms with van der Waals surface area (Å²) in [6, 6.07) is 5.73. The Morgan fingerprint density at radius 2 is 2.36 bits per heavy atom. The summed E-state index contributed by atoms with van der Waals surface area (Å²) in [6.45, 7) is 0.337. The van der Waals surface area contributed by atoms with Crippen molar-refractivity contribution in [3.05, 3.63) is 35.5 Å². The molecule has 2 N–H and O–H groups in total. The quantitative estimate of drug-likeness (QED) is 0.776. The molecule has 0 aromatic carbocycles. The minimum Gasteiger partial charge on any atom is -0.298 e. The molecule has 5 heteroatoms. The summed E-state index contributed by atoms with van der Waals surface area (Å²) in [4.78, 5) is 13.0. The van der Waals surface area contributed by atoms with Crippen LogP contribution in [0, 0.1) is 0 Å². The van der Waals surface area contributed by atoms with Crippen molar-refractivity contribution in [1.29, 1.82) is 0 Å². The van der Waals surface area contributed by atoms with Gasteiger partial charge in [0.2, 0.25) is 0 Å². The van der Waals surface area contributed by atoms with Gasteiger partial charge >= 0.3 is 0 Å². The fourth-order valence-electron chi connectivity index (χ4n) is 1.07. The van der Waals surface area contributed by atoms with Crippen LogP contribution in [0.5, 0.6) is 0 Å². The molecule has 2 aromatic heterocycles. The molecule has 0 aliphatic rings. The number of nitrogens with zero attached hydrogens (tertiary/aromatic N) is 2. The first-order chi connectivity index (χ1) is 6.90. The van der Waals surface area contributed by atoms with Gasteiger partial charge in [-0.2, -0.15) is 0 Å². The molecule has 0 unspecified atom stereocenters. The maximum atomic E-state index is 4.96. The van der Waals surface area contributed by atoms with Crippen molar-refractivity contribution in [2.75, 3.05) is 0 Å². The molecule has 2 aromatic rings. The molecule has 4 nitrogen and oxygen atoms in total. The molecule has 0 saturated carbocycles. The van der Waals surface area contributed by atoms with Crippen molar-refractivity contribution >= 4 is 11.3 Å². The number of thiazole rings is 1. The number of aromatic nitrogens is 2. The molecule has 0 aliphatic carbocycles. The van der Waals surface area contributed by atoms with Gasteiger partial charge in [-0.3, -0.25) is 9.82 Å². The maximum Gasteiger partial charge on any atom is 0.142 e. The second-order valence-electron chi connectivity index (χ2n) is 2.67. The lowest BCUT2D eigenvalue weighted by Crippen LogP contribution is -1.98. The Balaban J connectivity index is 2.25. The summed E-state index contributed by atoms with van der Waals surface area (Å²) in [5.41, 5.74) is 1.71. The Morgan fingerprint density at radius 1 is 1.43 bits per heavy atom. The lowest BCUT2D eigenvalue weighted by Gasteiger charge is -1.93. The molecule has 2 rings (SSSR count). The normalized spacial score (nSPS) is 10.4. The van der Waals surface area contributed by atoms with Crippen LogP contribution in [-0.4, -0.2) is 9.97 Å². The van der Waals surface area contributed by atoms with E-state index >= 15 is 0 Å². The van der Waals surface area contributed by atoms with Gasteiger partial charge in [0.25, 0.3) is 0 Å². The molecule has 0 amide bonds. The smallest absolute Gasteiger partial charge is 0.142 e. The maximum absolute atomic E-state index is 4.96. The zero-order valence-corrected chi connectivity index (χ0v) is 8.20. The van der Waals surface area contributed by atoms with Crippen molar-refractivity contribution in [1.82, 2.24) is 9.97 Å². The van der Waals surface area contributed by atoms with E-state index in [1.165, 1.54) is 11.3 Å². The summed E-state index contributed by atoms with van der Waals surface area (Å²) >= 11 is 1.53. The topological polar surface area (TPSA) is 61.0 Å². The Kier molecular flexibility index (Phi) is 2.83. The summed E-state index contributed by atoms with van der Waals surface area (Å²) in [5, 5.41) is 2.80. The molecule has 0 aliphatic heterocycles. The van der Waals surface area contributed by atoms with Crippen LogP contribution in [0.4, 0.5) is 0 Å². The third kappa shape index (κ3) is 1.95. The van der Waals surface area contributed by atoms with Gasteiger partial charge in [-0.15, -0.1) is 11.3 Å². The molecule has 72 valence electrons. The summed E-state index contributed by atoms with van der Waals surface area (Å²) in [5.74, 6) is 4.96. The minimum atomic E-state index is 0.337.